The topological polar surface area (TPSA) is 52.0 Å². The summed E-state index contributed by atoms with van der Waals surface area (Å²) in [6.45, 7) is 1.85. The molecule has 0 radical (unpaired) electrons. The number of nitrogens with zero attached hydrogens (tertiary/aromatic N) is 2. The second-order valence-corrected chi connectivity index (χ2v) is 10.6. The molecule has 1 unspecified atom stereocenters. The van der Waals surface area contributed by atoms with Gasteiger partial charge in [-0.2, -0.15) is 13.9 Å². The van der Waals surface area contributed by atoms with Gasteiger partial charge in [0.05, 0.1) is 4.90 Å². The van der Waals surface area contributed by atoms with Crippen LogP contribution in [0.3, 0.4) is 0 Å². The van der Waals surface area contributed by atoms with E-state index in [1.165, 1.54) is 59.3 Å². The van der Waals surface area contributed by atoms with Gasteiger partial charge in [0.25, 0.3) is 0 Å². The number of hydrogen-bond donors (Lipinski definition) is 0. The van der Waals surface area contributed by atoms with E-state index in [0.717, 1.165) is 11.8 Å². The molecule has 1 aromatic heterocycles. The molecule has 0 aliphatic heterocycles. The van der Waals surface area contributed by atoms with E-state index < -0.39 is 21.3 Å². The number of hydrogen-bond acceptors (Lipinski definition) is 3. The van der Waals surface area contributed by atoms with Crippen LogP contribution in [-0.2, 0) is 28.5 Å². The predicted molar refractivity (Wildman–Crippen MR) is 138 cm³/mol. The van der Waals surface area contributed by atoms with Gasteiger partial charge in [-0.3, -0.25) is 4.68 Å². The van der Waals surface area contributed by atoms with Crippen LogP contribution in [0.2, 0.25) is 0 Å². The quantitative estimate of drug-likeness (QED) is 0.238. The summed E-state index contributed by atoms with van der Waals surface area (Å²) in [4.78, 5) is 0.106. The van der Waals surface area contributed by atoms with E-state index in [9.17, 15) is 21.6 Å². The molecule has 0 spiro atoms. The summed E-state index contributed by atoms with van der Waals surface area (Å²) < 4.78 is 68.4. The first kappa shape index (κ1) is 26.6. The smallest absolute Gasteiger partial charge is 0.262 e. The van der Waals surface area contributed by atoms with E-state index in [0.29, 0.717) is 12.0 Å². The van der Waals surface area contributed by atoms with Gasteiger partial charge in [0.1, 0.15) is 17.2 Å². The highest BCUT2D eigenvalue weighted by Crippen LogP contribution is 2.41. The maximum absolute atomic E-state index is 14.8. The van der Waals surface area contributed by atoms with Crippen molar-refractivity contribution in [3.8, 4) is 11.3 Å². The number of allylic oxidation sites excluding steroid dienone is 5. The molecule has 1 atom stereocenters. The molecule has 0 saturated heterocycles. The van der Waals surface area contributed by atoms with Crippen molar-refractivity contribution in [2.45, 2.75) is 30.4 Å². The second kappa shape index (κ2) is 11.2. The first-order valence-corrected chi connectivity index (χ1v) is 13.3. The third-order valence-electron chi connectivity index (χ3n) is 5.16. The van der Waals surface area contributed by atoms with E-state index in [-0.39, 0.29) is 28.4 Å². The first-order valence-electron chi connectivity index (χ1n) is 10.8. The zero-order valence-electron chi connectivity index (χ0n) is 19.3. The van der Waals surface area contributed by atoms with Crippen molar-refractivity contribution in [2.75, 3.05) is 6.26 Å². The van der Waals surface area contributed by atoms with Gasteiger partial charge in [0, 0.05) is 23.9 Å². The zero-order chi connectivity index (χ0) is 25.6. The molecule has 2 aromatic carbocycles. The maximum Gasteiger partial charge on any atom is 0.300 e. The van der Waals surface area contributed by atoms with Crippen LogP contribution in [-0.4, -0.2) is 24.5 Å². The van der Waals surface area contributed by atoms with Crippen molar-refractivity contribution in [2.24, 2.45) is 0 Å². The molecular weight excluding hydrogens is 492 g/mol. The molecular formula is C26H26F3N2O2PS. The van der Waals surface area contributed by atoms with Gasteiger partial charge in [0.15, 0.2) is 9.84 Å². The Morgan fingerprint density at radius 2 is 1.77 bits per heavy atom. The molecule has 0 bridgehead atoms. The second-order valence-electron chi connectivity index (χ2n) is 7.90. The van der Waals surface area contributed by atoms with Crippen molar-refractivity contribution in [3.63, 3.8) is 0 Å². The number of sulfone groups is 1. The highest BCUT2D eigenvalue weighted by molar-refractivity contribution is 7.90. The summed E-state index contributed by atoms with van der Waals surface area (Å²) in [7, 11) is -1.88. The number of aryl methyl sites for hydroxylation is 2. The fourth-order valence-electron chi connectivity index (χ4n) is 3.55. The highest BCUT2D eigenvalue weighted by Gasteiger charge is 2.34. The summed E-state index contributed by atoms with van der Waals surface area (Å²) in [5.74, 6) is -0.529. The summed E-state index contributed by atoms with van der Waals surface area (Å²) in [6.07, 6.45) is 8.25. The van der Waals surface area contributed by atoms with Gasteiger partial charge >= 0.3 is 5.66 Å². The minimum absolute atomic E-state index is 0.106. The lowest BCUT2D eigenvalue weighted by Gasteiger charge is -2.14. The van der Waals surface area contributed by atoms with Crippen LogP contribution in [0.25, 0.3) is 17.3 Å². The number of alkyl halides is 2. The molecule has 0 aliphatic rings. The Kier molecular flexibility index (Phi) is 8.51. The largest absolute Gasteiger partial charge is 0.300 e. The summed E-state index contributed by atoms with van der Waals surface area (Å²) in [6, 6.07) is 15.3. The number of halogens is 3. The molecule has 3 rings (SSSR count). The van der Waals surface area contributed by atoms with Crippen LogP contribution < -0.4 is 0 Å². The Balaban J connectivity index is 2.14. The van der Waals surface area contributed by atoms with E-state index in [1.54, 1.807) is 16.2 Å². The van der Waals surface area contributed by atoms with E-state index >= 15 is 0 Å². The molecule has 184 valence electrons. The van der Waals surface area contributed by atoms with Crippen LogP contribution in [0, 0.1) is 0 Å². The fraction of sp³-hybridized carbons (Fsp3) is 0.192. The normalized spacial score (nSPS) is 13.3. The molecule has 0 amide bonds. The first-order chi connectivity index (χ1) is 16.5. The minimum Gasteiger partial charge on any atom is -0.262 e. The van der Waals surface area contributed by atoms with Gasteiger partial charge < -0.3 is 0 Å². The van der Waals surface area contributed by atoms with Crippen LogP contribution in [0.5, 0.6) is 0 Å². The van der Waals surface area contributed by atoms with Gasteiger partial charge in [-0.05, 0) is 43.2 Å². The maximum atomic E-state index is 14.8. The van der Waals surface area contributed by atoms with Crippen molar-refractivity contribution < 1.29 is 21.6 Å². The average Bonchev–Trinajstić information content (AvgIpc) is 3.17. The average molecular weight is 519 g/mol. The SMILES string of the molecule is C\C=C/C(F)=C\C=C\c1c(-c2ccc(S(C)(=O)=O)cc2)nn(CCc2ccccc2)c1C(F)(F)P. The molecule has 0 saturated carbocycles. The Bertz CT molecular complexity index is 1360. The Hall–Kier alpha value is -2.96. The monoisotopic (exact) mass is 518 g/mol. The van der Waals surface area contributed by atoms with Crippen LogP contribution >= 0.6 is 9.24 Å². The van der Waals surface area contributed by atoms with E-state index in [1.807, 2.05) is 30.3 Å². The van der Waals surface area contributed by atoms with Crippen molar-refractivity contribution in [3.05, 3.63) is 102 Å². The predicted octanol–water partition coefficient (Wildman–Crippen LogP) is 6.56. The standard InChI is InChI=1S/C26H26F3N2O2PS/c1-3-8-21(27)11-7-12-23-24(20-13-15-22(16-14-20)35(2,32)33)30-31(25(23)26(28,29)34)18-17-19-9-5-4-6-10-19/h3-16H,17-18,34H2,1-2H3/b8-3-,12-7+,21-11+. The van der Waals surface area contributed by atoms with Crippen LogP contribution in [0.15, 0.2) is 89.6 Å². The fourth-order valence-corrected chi connectivity index (χ4v) is 4.49. The minimum atomic E-state index is -3.43. The number of aromatic nitrogens is 2. The molecule has 35 heavy (non-hydrogen) atoms. The van der Waals surface area contributed by atoms with Gasteiger partial charge in [-0.25, -0.2) is 12.8 Å². The van der Waals surface area contributed by atoms with Gasteiger partial charge in [-0.15, -0.1) is 0 Å². The lowest BCUT2D eigenvalue weighted by atomic mass is 10.0. The summed E-state index contributed by atoms with van der Waals surface area (Å²) in [5, 5.41) is 4.48. The molecule has 1 heterocycles. The summed E-state index contributed by atoms with van der Waals surface area (Å²) in [5.41, 5.74) is -1.87. The third kappa shape index (κ3) is 7.03. The number of benzene rings is 2. The highest BCUT2D eigenvalue weighted by atomic mass is 32.2. The van der Waals surface area contributed by atoms with Gasteiger partial charge in [0.2, 0.25) is 0 Å². The Morgan fingerprint density at radius 3 is 2.34 bits per heavy atom. The Labute approximate surface area is 206 Å². The van der Waals surface area contributed by atoms with E-state index in [2.05, 4.69) is 5.10 Å². The van der Waals surface area contributed by atoms with Crippen molar-refractivity contribution in [1.82, 2.24) is 9.78 Å². The third-order valence-corrected chi connectivity index (χ3v) is 6.56. The van der Waals surface area contributed by atoms with Crippen LogP contribution in [0.4, 0.5) is 13.2 Å². The molecule has 0 N–H and O–H groups in total. The molecule has 9 heteroatoms. The van der Waals surface area contributed by atoms with Gasteiger partial charge in [-0.1, -0.05) is 69.9 Å². The molecule has 0 aliphatic carbocycles. The zero-order valence-corrected chi connectivity index (χ0v) is 21.3. The lowest BCUT2D eigenvalue weighted by Crippen LogP contribution is -2.15. The Morgan fingerprint density at radius 1 is 1.11 bits per heavy atom. The molecule has 4 nitrogen and oxygen atoms in total. The van der Waals surface area contributed by atoms with Crippen molar-refractivity contribution >= 4 is 25.2 Å². The van der Waals surface area contributed by atoms with Crippen molar-refractivity contribution in [1.29, 1.82) is 0 Å². The van der Waals surface area contributed by atoms with Crippen LogP contribution in [0.1, 0.15) is 23.7 Å². The lowest BCUT2D eigenvalue weighted by molar-refractivity contribution is 0.0920. The molecule has 0 fully saturated rings. The number of rotatable bonds is 9. The van der Waals surface area contributed by atoms with E-state index in [4.69, 9.17) is 0 Å². The summed E-state index contributed by atoms with van der Waals surface area (Å²) >= 11 is 0. The molecule has 3 aromatic rings.